The van der Waals surface area contributed by atoms with Crippen LogP contribution < -0.4 is 10.1 Å². The van der Waals surface area contributed by atoms with Gasteiger partial charge in [0.05, 0.1) is 6.61 Å². The molecule has 1 atom stereocenters. The lowest BCUT2D eigenvalue weighted by atomic mass is 10.2. The molecule has 1 N–H and O–H groups in total. The summed E-state index contributed by atoms with van der Waals surface area (Å²) in [6, 6.07) is 4.75. The van der Waals surface area contributed by atoms with Gasteiger partial charge in [-0.1, -0.05) is 15.9 Å². The van der Waals surface area contributed by atoms with E-state index in [9.17, 15) is 18.0 Å². The summed E-state index contributed by atoms with van der Waals surface area (Å²) < 4.78 is 44.6. The van der Waals surface area contributed by atoms with Gasteiger partial charge in [-0.25, -0.2) is 0 Å². The number of carbonyl (C=O) groups is 1. The number of alkyl halides is 4. The highest BCUT2D eigenvalue weighted by Crippen LogP contribution is 2.22. The smallest absolute Gasteiger partial charge is 0.406 e. The Hall–Kier alpha value is -1.28. The highest BCUT2D eigenvalue weighted by molar-refractivity contribution is 9.09. The molecule has 0 bridgehead atoms. The first kappa shape index (κ1) is 17.8. The van der Waals surface area contributed by atoms with Crippen LogP contribution in [0.25, 0.3) is 0 Å². The van der Waals surface area contributed by atoms with Gasteiger partial charge in [-0.3, -0.25) is 4.79 Å². The van der Waals surface area contributed by atoms with Crippen molar-refractivity contribution in [2.75, 3.05) is 20.3 Å². The first-order chi connectivity index (χ1) is 9.81. The maximum absolute atomic E-state index is 12.0. The lowest BCUT2D eigenvalue weighted by molar-refractivity contribution is -0.274. The molecule has 8 heteroatoms. The Morgan fingerprint density at radius 1 is 1.33 bits per heavy atom. The van der Waals surface area contributed by atoms with E-state index in [1.807, 2.05) is 0 Å². The zero-order valence-electron chi connectivity index (χ0n) is 11.2. The summed E-state index contributed by atoms with van der Waals surface area (Å²) in [6.07, 6.45) is -4.06. The fraction of sp³-hybridized carbons (Fsp3) is 0.462. The summed E-state index contributed by atoms with van der Waals surface area (Å²) in [6.45, 7) is 0.957. The van der Waals surface area contributed by atoms with Crippen LogP contribution in [0.15, 0.2) is 24.3 Å². The fourth-order valence-electron chi connectivity index (χ4n) is 1.52. The van der Waals surface area contributed by atoms with Crippen molar-refractivity contribution in [1.29, 1.82) is 0 Å². The first-order valence-corrected chi connectivity index (χ1v) is 7.00. The van der Waals surface area contributed by atoms with Crippen LogP contribution in [0, 0.1) is 0 Å². The third kappa shape index (κ3) is 7.33. The van der Waals surface area contributed by atoms with Crippen LogP contribution in [0.4, 0.5) is 13.2 Å². The molecule has 0 aromatic heterocycles. The second-order valence-electron chi connectivity index (χ2n) is 4.17. The van der Waals surface area contributed by atoms with Gasteiger partial charge >= 0.3 is 6.36 Å². The molecular formula is C13H15BrF3NO3. The lowest BCUT2D eigenvalue weighted by Gasteiger charge is -2.11. The third-order valence-corrected chi connectivity index (χ3v) is 3.16. The second kappa shape index (κ2) is 8.23. The summed E-state index contributed by atoms with van der Waals surface area (Å²) in [5, 5.41) is 2.67. The number of rotatable bonds is 7. The molecule has 0 aliphatic heterocycles. The number of amides is 1. The summed E-state index contributed by atoms with van der Waals surface area (Å²) >= 11 is 3.38. The van der Waals surface area contributed by atoms with E-state index in [1.165, 1.54) is 12.1 Å². The van der Waals surface area contributed by atoms with Crippen LogP contribution in [0.3, 0.4) is 0 Å². The van der Waals surface area contributed by atoms with E-state index < -0.39 is 6.36 Å². The van der Waals surface area contributed by atoms with Crippen molar-refractivity contribution >= 4 is 21.8 Å². The quantitative estimate of drug-likeness (QED) is 0.751. The summed E-state index contributed by atoms with van der Waals surface area (Å²) in [7, 11) is 1.58. The predicted octanol–water partition coefficient (Wildman–Crippen LogP) is 3.12. The first-order valence-electron chi connectivity index (χ1n) is 6.09. The van der Waals surface area contributed by atoms with E-state index in [1.54, 1.807) is 7.11 Å². The van der Waals surface area contributed by atoms with Crippen molar-refractivity contribution < 1.29 is 27.4 Å². The Balaban J connectivity index is 2.44. The summed E-state index contributed by atoms with van der Waals surface area (Å²) in [4.78, 5) is 11.9. The number of ether oxygens (including phenoxy) is 2. The summed E-state index contributed by atoms with van der Waals surface area (Å²) in [5.74, 6) is -0.717. The van der Waals surface area contributed by atoms with E-state index in [2.05, 4.69) is 26.0 Å². The van der Waals surface area contributed by atoms with Crippen molar-refractivity contribution in [3.05, 3.63) is 29.8 Å². The van der Waals surface area contributed by atoms with E-state index >= 15 is 0 Å². The lowest BCUT2D eigenvalue weighted by Crippen LogP contribution is -2.26. The molecule has 1 amide bonds. The van der Waals surface area contributed by atoms with Gasteiger partial charge in [-0.05, 0) is 30.7 Å². The van der Waals surface area contributed by atoms with Crippen LogP contribution in [0.1, 0.15) is 16.8 Å². The molecule has 0 aliphatic carbocycles. The van der Waals surface area contributed by atoms with Crippen LogP contribution in [-0.2, 0) is 4.74 Å². The van der Waals surface area contributed by atoms with Gasteiger partial charge in [0.25, 0.3) is 5.91 Å². The minimum Gasteiger partial charge on any atom is -0.406 e. The molecular weight excluding hydrogens is 355 g/mol. The van der Waals surface area contributed by atoms with Crippen molar-refractivity contribution in [3.63, 3.8) is 0 Å². The molecule has 21 heavy (non-hydrogen) atoms. The van der Waals surface area contributed by atoms with Crippen LogP contribution in [-0.4, -0.2) is 37.4 Å². The van der Waals surface area contributed by atoms with E-state index in [-0.39, 0.29) is 22.0 Å². The highest BCUT2D eigenvalue weighted by Gasteiger charge is 2.31. The number of halogens is 4. The molecule has 0 saturated heterocycles. The van der Waals surface area contributed by atoms with Gasteiger partial charge < -0.3 is 14.8 Å². The number of benzene rings is 1. The van der Waals surface area contributed by atoms with Gasteiger partial charge in [-0.15, -0.1) is 13.2 Å². The molecule has 1 aromatic rings. The maximum atomic E-state index is 12.0. The molecule has 0 radical (unpaired) electrons. The Kier molecular flexibility index (Phi) is 6.97. The maximum Gasteiger partial charge on any atom is 0.573 e. The minimum atomic E-state index is -4.74. The monoisotopic (exact) mass is 369 g/mol. The SMILES string of the molecule is COCC(Br)CCNC(=O)c1ccc(OC(F)(F)F)cc1. The molecule has 1 unspecified atom stereocenters. The van der Waals surface area contributed by atoms with Crippen LogP contribution >= 0.6 is 15.9 Å². The van der Waals surface area contributed by atoms with Gasteiger partial charge in [-0.2, -0.15) is 0 Å². The minimum absolute atomic E-state index is 0.130. The molecule has 0 heterocycles. The van der Waals surface area contributed by atoms with E-state index in [4.69, 9.17) is 4.74 Å². The Bertz CT molecular complexity index is 451. The molecule has 4 nitrogen and oxygen atoms in total. The zero-order valence-corrected chi connectivity index (χ0v) is 12.8. The number of methoxy groups -OCH3 is 1. The van der Waals surface area contributed by atoms with Crippen LogP contribution in [0.2, 0.25) is 0 Å². The molecule has 0 fully saturated rings. The topological polar surface area (TPSA) is 47.6 Å². The molecule has 118 valence electrons. The fourth-order valence-corrected chi connectivity index (χ4v) is 2.01. The largest absolute Gasteiger partial charge is 0.573 e. The molecule has 1 aromatic carbocycles. The molecule has 0 spiro atoms. The molecule has 1 rings (SSSR count). The zero-order chi connectivity index (χ0) is 15.9. The number of nitrogens with one attached hydrogen (secondary N) is 1. The second-order valence-corrected chi connectivity index (χ2v) is 5.46. The average Bonchev–Trinajstić information content (AvgIpc) is 2.38. The van der Waals surface area contributed by atoms with Crippen molar-refractivity contribution in [2.45, 2.75) is 17.6 Å². The Labute approximate surface area is 128 Å². The summed E-state index contributed by atoms with van der Waals surface area (Å²) in [5.41, 5.74) is 0.266. The van der Waals surface area contributed by atoms with Crippen molar-refractivity contribution in [2.24, 2.45) is 0 Å². The Morgan fingerprint density at radius 2 is 1.95 bits per heavy atom. The van der Waals surface area contributed by atoms with Crippen molar-refractivity contribution in [1.82, 2.24) is 5.32 Å². The molecule has 0 aliphatic rings. The van der Waals surface area contributed by atoms with E-state index in [0.717, 1.165) is 12.1 Å². The average molecular weight is 370 g/mol. The number of hydrogen-bond donors (Lipinski definition) is 1. The standard InChI is InChI=1S/C13H15BrF3NO3/c1-20-8-10(14)6-7-18-12(19)9-2-4-11(5-3-9)21-13(15,16)17/h2-5,10H,6-8H2,1H3,(H,18,19). The number of hydrogen-bond acceptors (Lipinski definition) is 3. The third-order valence-electron chi connectivity index (χ3n) is 2.44. The van der Waals surface area contributed by atoms with E-state index in [0.29, 0.717) is 19.6 Å². The van der Waals surface area contributed by atoms with Gasteiger partial charge in [0.15, 0.2) is 0 Å². The van der Waals surface area contributed by atoms with Crippen LogP contribution in [0.5, 0.6) is 5.75 Å². The molecule has 0 saturated carbocycles. The van der Waals surface area contributed by atoms with Gasteiger partial charge in [0.1, 0.15) is 5.75 Å². The van der Waals surface area contributed by atoms with Gasteiger partial charge in [0.2, 0.25) is 0 Å². The van der Waals surface area contributed by atoms with Crippen molar-refractivity contribution in [3.8, 4) is 5.75 Å². The normalized spacial score (nSPS) is 12.8. The van der Waals surface area contributed by atoms with Gasteiger partial charge in [0, 0.05) is 24.0 Å². The number of carbonyl (C=O) groups excluding carboxylic acids is 1. The predicted molar refractivity (Wildman–Crippen MR) is 74.7 cm³/mol. The highest BCUT2D eigenvalue weighted by atomic mass is 79.9. The Morgan fingerprint density at radius 3 is 2.48 bits per heavy atom.